The number of carboxylic acid groups (broad SMARTS) is 2. The normalized spacial score (nSPS) is 12.7. The first-order valence-electron chi connectivity index (χ1n) is 6.39. The zero-order valence-corrected chi connectivity index (χ0v) is 12.0. The van der Waals surface area contributed by atoms with Gasteiger partial charge < -0.3 is 30.3 Å². The fraction of sp³-hybridized carbons (Fsp3) is 0.429. The van der Waals surface area contributed by atoms with Crippen molar-refractivity contribution in [3.63, 3.8) is 0 Å². The van der Waals surface area contributed by atoms with Crippen molar-refractivity contribution in [2.24, 2.45) is 0 Å². The fourth-order valence-corrected chi connectivity index (χ4v) is 1.18. The van der Waals surface area contributed by atoms with E-state index in [9.17, 15) is 9.59 Å². The number of benzene rings is 1. The summed E-state index contributed by atoms with van der Waals surface area (Å²) in [6, 6.07) is 5.02. The van der Waals surface area contributed by atoms with Crippen LogP contribution in [0.15, 0.2) is 24.3 Å². The van der Waals surface area contributed by atoms with E-state index >= 15 is 0 Å². The van der Waals surface area contributed by atoms with Crippen molar-refractivity contribution in [1.29, 1.82) is 0 Å². The van der Waals surface area contributed by atoms with Crippen LogP contribution in [-0.4, -0.2) is 69.5 Å². The molecule has 2 atom stereocenters. The quantitative estimate of drug-likeness (QED) is 0.466. The highest BCUT2D eigenvalue weighted by Crippen LogP contribution is 2.03. The summed E-state index contributed by atoms with van der Waals surface area (Å²) in [5, 5.41) is 42.6. The maximum Gasteiger partial charge on any atom is 0.335 e. The van der Waals surface area contributed by atoms with E-state index in [1.807, 2.05) is 0 Å². The maximum absolute atomic E-state index is 10.3. The number of rotatable bonds is 7. The van der Waals surface area contributed by atoms with Gasteiger partial charge in [-0.15, -0.1) is 0 Å². The number of hydrogen-bond acceptors (Lipinski definition) is 6. The predicted octanol–water partition coefficient (Wildman–Crippen LogP) is -0.180. The minimum absolute atomic E-state index is 0.0708. The standard InChI is InChI=1S/C8H6O4.C6H14O4/c9-7(10)5-1-2-6(4-3-5)8(11)12;1-5(8)3-10-4-6(9)2-7/h1-4H,(H,9,10)(H,11,12);5-9H,2-4H2,1H3. The molecule has 0 fully saturated rings. The van der Waals surface area contributed by atoms with Crippen LogP contribution in [0.3, 0.4) is 0 Å². The molecule has 0 aliphatic heterocycles. The largest absolute Gasteiger partial charge is 0.478 e. The SMILES string of the molecule is CC(O)COCC(O)CO.O=C(O)c1ccc(C(=O)O)cc1. The molecule has 0 heterocycles. The number of carboxylic acids is 2. The van der Waals surface area contributed by atoms with Gasteiger partial charge >= 0.3 is 11.9 Å². The third kappa shape index (κ3) is 9.03. The average molecular weight is 316 g/mol. The van der Waals surface area contributed by atoms with Crippen molar-refractivity contribution in [2.75, 3.05) is 19.8 Å². The predicted molar refractivity (Wildman–Crippen MR) is 76.0 cm³/mol. The molecule has 0 aliphatic carbocycles. The molecule has 5 N–H and O–H groups in total. The Bertz CT molecular complexity index is 421. The van der Waals surface area contributed by atoms with E-state index in [-0.39, 0.29) is 30.9 Å². The van der Waals surface area contributed by atoms with Crippen molar-refractivity contribution in [1.82, 2.24) is 0 Å². The topological polar surface area (TPSA) is 145 Å². The van der Waals surface area contributed by atoms with Gasteiger partial charge in [-0.05, 0) is 31.2 Å². The summed E-state index contributed by atoms with van der Waals surface area (Å²) in [5.41, 5.74) is 0.167. The van der Waals surface area contributed by atoms with Crippen molar-refractivity contribution in [2.45, 2.75) is 19.1 Å². The van der Waals surface area contributed by atoms with Gasteiger partial charge in [-0.25, -0.2) is 9.59 Å². The van der Waals surface area contributed by atoms with E-state index in [1.54, 1.807) is 6.92 Å². The van der Waals surface area contributed by atoms with Crippen LogP contribution in [0.1, 0.15) is 27.6 Å². The van der Waals surface area contributed by atoms with Crippen LogP contribution in [0.5, 0.6) is 0 Å². The number of ether oxygens (including phenoxy) is 1. The van der Waals surface area contributed by atoms with Crippen molar-refractivity contribution >= 4 is 11.9 Å². The highest BCUT2D eigenvalue weighted by Gasteiger charge is 2.05. The molecule has 8 nitrogen and oxygen atoms in total. The molecule has 0 saturated heterocycles. The van der Waals surface area contributed by atoms with Crippen LogP contribution < -0.4 is 0 Å². The van der Waals surface area contributed by atoms with E-state index in [4.69, 9.17) is 30.3 Å². The van der Waals surface area contributed by atoms with Gasteiger partial charge in [0.1, 0.15) is 6.10 Å². The Balaban J connectivity index is 0.000000409. The van der Waals surface area contributed by atoms with Crippen LogP contribution in [-0.2, 0) is 4.74 Å². The molecular formula is C14H20O8. The summed E-state index contributed by atoms with van der Waals surface area (Å²) in [4.78, 5) is 20.7. The summed E-state index contributed by atoms with van der Waals surface area (Å²) in [6.07, 6.45) is -1.36. The number of aliphatic hydroxyl groups is 3. The molecule has 0 aliphatic rings. The van der Waals surface area contributed by atoms with Crippen molar-refractivity contribution in [3.05, 3.63) is 35.4 Å². The van der Waals surface area contributed by atoms with Gasteiger partial charge in [-0.2, -0.15) is 0 Å². The zero-order valence-electron chi connectivity index (χ0n) is 12.0. The van der Waals surface area contributed by atoms with E-state index in [0.717, 1.165) is 0 Å². The number of hydrogen-bond donors (Lipinski definition) is 5. The lowest BCUT2D eigenvalue weighted by Crippen LogP contribution is -2.22. The molecule has 0 bridgehead atoms. The molecule has 2 unspecified atom stereocenters. The second kappa shape index (κ2) is 10.7. The highest BCUT2D eigenvalue weighted by molar-refractivity contribution is 5.91. The Morgan fingerprint density at radius 3 is 1.68 bits per heavy atom. The van der Waals surface area contributed by atoms with Gasteiger partial charge in [0.25, 0.3) is 0 Å². The van der Waals surface area contributed by atoms with Gasteiger partial charge in [-0.3, -0.25) is 0 Å². The maximum atomic E-state index is 10.3. The first-order chi connectivity index (χ1) is 10.3. The molecule has 1 aromatic carbocycles. The Morgan fingerprint density at radius 2 is 1.41 bits per heavy atom. The molecule has 0 amide bonds. The lowest BCUT2D eigenvalue weighted by molar-refractivity contribution is -0.0201. The van der Waals surface area contributed by atoms with Crippen LogP contribution in [0.4, 0.5) is 0 Å². The van der Waals surface area contributed by atoms with Gasteiger partial charge in [-0.1, -0.05) is 0 Å². The van der Waals surface area contributed by atoms with Crippen LogP contribution in [0.25, 0.3) is 0 Å². The first kappa shape index (κ1) is 20.0. The molecule has 1 rings (SSSR count). The molecule has 0 spiro atoms. The first-order valence-corrected chi connectivity index (χ1v) is 6.39. The van der Waals surface area contributed by atoms with Crippen LogP contribution >= 0.6 is 0 Å². The van der Waals surface area contributed by atoms with Gasteiger partial charge in [0.05, 0.1) is 37.1 Å². The van der Waals surface area contributed by atoms with Crippen molar-refractivity contribution in [3.8, 4) is 0 Å². The second-order valence-electron chi connectivity index (χ2n) is 4.41. The van der Waals surface area contributed by atoms with E-state index in [2.05, 4.69) is 0 Å². The van der Waals surface area contributed by atoms with Gasteiger partial charge in [0.2, 0.25) is 0 Å². The summed E-state index contributed by atoms with van der Waals surface area (Å²) >= 11 is 0. The molecule has 1 aromatic rings. The third-order valence-corrected chi connectivity index (χ3v) is 2.26. The zero-order chi connectivity index (χ0) is 17.1. The minimum Gasteiger partial charge on any atom is -0.478 e. The Hall–Kier alpha value is -2.00. The third-order valence-electron chi connectivity index (χ3n) is 2.26. The molecular weight excluding hydrogens is 296 g/mol. The van der Waals surface area contributed by atoms with E-state index < -0.39 is 24.1 Å². The number of carbonyl (C=O) groups is 2. The van der Waals surface area contributed by atoms with E-state index in [0.29, 0.717) is 0 Å². The summed E-state index contributed by atoms with van der Waals surface area (Å²) in [7, 11) is 0. The monoisotopic (exact) mass is 316 g/mol. The molecule has 8 heteroatoms. The fourth-order valence-electron chi connectivity index (χ4n) is 1.18. The van der Waals surface area contributed by atoms with E-state index in [1.165, 1.54) is 24.3 Å². The summed E-state index contributed by atoms with van der Waals surface area (Å²) < 4.78 is 4.79. The minimum atomic E-state index is -1.06. The van der Waals surface area contributed by atoms with Gasteiger partial charge in [0.15, 0.2) is 0 Å². The molecule has 124 valence electrons. The Labute approximate surface area is 127 Å². The second-order valence-corrected chi connectivity index (χ2v) is 4.41. The molecule has 22 heavy (non-hydrogen) atoms. The highest BCUT2D eigenvalue weighted by atomic mass is 16.5. The molecule has 0 radical (unpaired) electrons. The van der Waals surface area contributed by atoms with Gasteiger partial charge in [0, 0.05) is 0 Å². The number of aromatic carboxylic acids is 2. The summed E-state index contributed by atoms with van der Waals surface area (Å²) in [6.45, 7) is 1.55. The average Bonchev–Trinajstić information content (AvgIpc) is 2.47. The molecule has 0 saturated carbocycles. The lowest BCUT2D eigenvalue weighted by Gasteiger charge is -2.08. The van der Waals surface area contributed by atoms with Crippen LogP contribution in [0.2, 0.25) is 0 Å². The smallest absolute Gasteiger partial charge is 0.335 e. The van der Waals surface area contributed by atoms with Crippen molar-refractivity contribution < 1.29 is 39.9 Å². The Kier molecular flexibility index (Phi) is 9.72. The summed E-state index contributed by atoms with van der Waals surface area (Å²) in [5.74, 6) is -2.13. The Morgan fingerprint density at radius 1 is 1.00 bits per heavy atom. The lowest BCUT2D eigenvalue weighted by atomic mass is 10.1. The van der Waals surface area contributed by atoms with Crippen LogP contribution in [0, 0.1) is 0 Å². The molecule has 0 aromatic heterocycles. The number of aliphatic hydroxyl groups excluding tert-OH is 3.